The number of carbonyl (C=O) groups excluding carboxylic acids is 2. The van der Waals surface area contributed by atoms with Crippen molar-refractivity contribution >= 4 is 6.15 Å². The van der Waals surface area contributed by atoms with Crippen molar-refractivity contribution in [2.24, 2.45) is 0 Å². The third kappa shape index (κ3) is 25.8. The quantitative estimate of drug-likeness (QED) is 0.428. The molecule has 0 aliphatic heterocycles. The molecule has 0 bridgehead atoms. The van der Waals surface area contributed by atoms with E-state index in [-0.39, 0.29) is 35.7 Å². The molecule has 0 aromatic rings. The summed E-state index contributed by atoms with van der Waals surface area (Å²) >= 11 is 0. The molecule has 0 rings (SSSR count). The van der Waals surface area contributed by atoms with Crippen LogP contribution in [0.4, 0.5) is 0 Å². The van der Waals surface area contributed by atoms with Gasteiger partial charge in [0.15, 0.2) is 0 Å². The molecule has 0 N–H and O–H groups in total. The number of rotatable bonds is 6. The van der Waals surface area contributed by atoms with Gasteiger partial charge in [-0.05, 0) is 27.7 Å². The van der Waals surface area contributed by atoms with E-state index in [1.807, 2.05) is 19.1 Å². The molecule has 0 aromatic heterocycles. The summed E-state index contributed by atoms with van der Waals surface area (Å²) in [7, 11) is 0. The Hall–Kier alpha value is -1.44. The SMILES string of the molecule is C[C-]=C/C=C/C(C)=C/C=C/C=C(C)/C=C/C=C(C)C.O=C=O.[Na+]. The molecule has 0 fully saturated rings. The van der Waals surface area contributed by atoms with Crippen molar-refractivity contribution in [3.63, 3.8) is 0 Å². The molecule has 0 atom stereocenters. The molecular weight excluding hydrogens is 295 g/mol. The number of hydrogen-bond acceptors (Lipinski definition) is 2. The van der Waals surface area contributed by atoms with E-state index in [0.29, 0.717) is 0 Å². The smallest absolute Gasteiger partial charge is 0.279 e. The second kappa shape index (κ2) is 20.6. The van der Waals surface area contributed by atoms with Crippen molar-refractivity contribution < 1.29 is 39.1 Å². The molecule has 0 radical (unpaired) electrons. The predicted octanol–water partition coefficient (Wildman–Crippen LogP) is 2.31. The van der Waals surface area contributed by atoms with Crippen molar-refractivity contribution in [3.8, 4) is 0 Å². The summed E-state index contributed by atoms with van der Waals surface area (Å²) in [6.45, 7) is 10.2. The minimum absolute atomic E-state index is 0. The molecule has 3 heteroatoms. The molecule has 0 aromatic carbocycles. The minimum Gasteiger partial charge on any atom is -0.279 e. The topological polar surface area (TPSA) is 34.1 Å². The van der Waals surface area contributed by atoms with Crippen LogP contribution in [0.15, 0.2) is 77.5 Å². The Morgan fingerprint density at radius 2 is 1.22 bits per heavy atom. The van der Waals surface area contributed by atoms with Gasteiger partial charge in [-0.1, -0.05) is 59.3 Å². The molecule has 0 unspecified atom stereocenters. The first-order chi connectivity index (χ1) is 10.5. The van der Waals surface area contributed by atoms with Crippen LogP contribution in [0.3, 0.4) is 0 Å². The normalized spacial score (nSPS) is 12.2. The standard InChI is InChI=1S/C19H25.CO2.Na/c1-6-7-8-13-18(4)14-9-10-15-19(5)16-11-12-17(2)3;2-1-3;/h7-16H,1-5H3;;/q-1;;+1/b10-9+,13-8+,16-11+,18-14+,19-15+;;. The van der Waals surface area contributed by atoms with Crippen LogP contribution in [0, 0.1) is 6.08 Å². The maximum Gasteiger partial charge on any atom is 1.00 e. The summed E-state index contributed by atoms with van der Waals surface area (Å²) in [5.74, 6) is 0. The molecule has 0 heterocycles. The van der Waals surface area contributed by atoms with E-state index >= 15 is 0 Å². The first kappa shape index (κ1) is 26.5. The fraction of sp³-hybridized carbons (Fsp3) is 0.250. The number of hydrogen-bond donors (Lipinski definition) is 0. The van der Waals surface area contributed by atoms with Gasteiger partial charge in [0.1, 0.15) is 0 Å². The van der Waals surface area contributed by atoms with Crippen molar-refractivity contribution in [2.45, 2.75) is 34.6 Å². The van der Waals surface area contributed by atoms with E-state index in [0.717, 1.165) is 0 Å². The van der Waals surface area contributed by atoms with Gasteiger partial charge in [0.2, 0.25) is 0 Å². The molecule has 0 amide bonds. The summed E-state index contributed by atoms with van der Waals surface area (Å²) in [5.41, 5.74) is 3.76. The van der Waals surface area contributed by atoms with Gasteiger partial charge in [0.25, 0.3) is 0 Å². The van der Waals surface area contributed by atoms with E-state index in [2.05, 4.69) is 82.4 Å². The molecule has 2 nitrogen and oxygen atoms in total. The largest absolute Gasteiger partial charge is 1.00 e. The van der Waals surface area contributed by atoms with Gasteiger partial charge in [0, 0.05) is 0 Å². The Kier molecular flexibility index (Phi) is 23.7. The summed E-state index contributed by atoms with van der Waals surface area (Å²) < 4.78 is 0. The van der Waals surface area contributed by atoms with Crippen LogP contribution in [-0.2, 0) is 9.59 Å². The van der Waals surface area contributed by atoms with Crippen molar-refractivity contribution in [3.05, 3.63) is 83.6 Å². The summed E-state index contributed by atoms with van der Waals surface area (Å²) in [6, 6.07) is 0. The average Bonchev–Trinajstić information content (AvgIpc) is 2.44. The molecule has 0 spiro atoms. The molecule has 0 saturated carbocycles. The van der Waals surface area contributed by atoms with Crippen LogP contribution in [0.5, 0.6) is 0 Å². The second-order valence-electron chi connectivity index (χ2n) is 4.71. The zero-order chi connectivity index (χ0) is 17.2. The van der Waals surface area contributed by atoms with E-state index in [9.17, 15) is 0 Å². The maximum absolute atomic E-state index is 8.12. The zero-order valence-electron chi connectivity index (χ0n) is 15.1. The molecule has 0 aliphatic rings. The average molecular weight is 320 g/mol. The molecule has 118 valence electrons. The fourth-order valence-corrected chi connectivity index (χ4v) is 1.21. The first-order valence-electron chi connectivity index (χ1n) is 6.97. The van der Waals surface area contributed by atoms with Gasteiger partial charge >= 0.3 is 35.7 Å². The third-order valence-corrected chi connectivity index (χ3v) is 2.24. The van der Waals surface area contributed by atoms with Crippen LogP contribution < -0.4 is 29.6 Å². The van der Waals surface area contributed by atoms with Crippen molar-refractivity contribution in [2.75, 3.05) is 0 Å². The zero-order valence-corrected chi connectivity index (χ0v) is 17.1. The van der Waals surface area contributed by atoms with Gasteiger partial charge in [-0.2, -0.15) is 9.59 Å². The summed E-state index contributed by atoms with van der Waals surface area (Å²) in [5, 5.41) is 0. The maximum atomic E-state index is 8.12. The van der Waals surface area contributed by atoms with Gasteiger partial charge in [-0.25, -0.2) is 12.2 Å². The minimum atomic E-state index is 0. The number of allylic oxidation sites excluding steroid dienone is 14. The Balaban J connectivity index is -0.000000920. The van der Waals surface area contributed by atoms with E-state index < -0.39 is 0 Å². The molecule has 0 aliphatic carbocycles. The fourth-order valence-electron chi connectivity index (χ4n) is 1.21. The van der Waals surface area contributed by atoms with E-state index in [4.69, 9.17) is 9.59 Å². The second-order valence-corrected chi connectivity index (χ2v) is 4.71. The predicted molar refractivity (Wildman–Crippen MR) is 92.9 cm³/mol. The van der Waals surface area contributed by atoms with Crippen LogP contribution in [0.2, 0.25) is 0 Å². The monoisotopic (exact) mass is 320 g/mol. The summed E-state index contributed by atoms with van der Waals surface area (Å²) in [6.07, 6.45) is 23.7. The Labute approximate surface area is 163 Å². The Morgan fingerprint density at radius 1 is 0.783 bits per heavy atom. The van der Waals surface area contributed by atoms with Gasteiger partial charge in [0.05, 0.1) is 0 Å². The van der Waals surface area contributed by atoms with Crippen LogP contribution in [0.1, 0.15) is 34.6 Å². The van der Waals surface area contributed by atoms with Crippen molar-refractivity contribution in [1.82, 2.24) is 0 Å². The Morgan fingerprint density at radius 3 is 1.61 bits per heavy atom. The van der Waals surface area contributed by atoms with Crippen LogP contribution >= 0.6 is 0 Å². The molecular formula is C20H25NaO2. The van der Waals surface area contributed by atoms with E-state index in [1.54, 1.807) is 0 Å². The first-order valence-corrected chi connectivity index (χ1v) is 6.97. The van der Waals surface area contributed by atoms with Gasteiger partial charge in [-0.15, -0.1) is 13.0 Å². The van der Waals surface area contributed by atoms with Crippen LogP contribution in [0.25, 0.3) is 0 Å². The summed E-state index contributed by atoms with van der Waals surface area (Å²) in [4.78, 5) is 16.2. The molecule has 0 saturated heterocycles. The van der Waals surface area contributed by atoms with Gasteiger partial charge in [-0.3, -0.25) is 6.08 Å². The third-order valence-electron chi connectivity index (χ3n) is 2.24. The molecule has 23 heavy (non-hydrogen) atoms. The van der Waals surface area contributed by atoms with Crippen LogP contribution in [-0.4, -0.2) is 6.15 Å². The van der Waals surface area contributed by atoms with Gasteiger partial charge < -0.3 is 0 Å². The Bertz CT molecular complexity index is 532. The van der Waals surface area contributed by atoms with Crippen molar-refractivity contribution in [1.29, 1.82) is 0 Å². The van der Waals surface area contributed by atoms with E-state index in [1.165, 1.54) is 16.7 Å².